The molecule has 1 aliphatic rings. The second-order valence-electron chi connectivity index (χ2n) is 6.43. The molecule has 2 atom stereocenters. The SMILES string of the molecule is O=C(c1ccc(Cl)cc1Cl)C1CNCCC1(CO)c1ccc(Cl)cc1Cl. The summed E-state index contributed by atoms with van der Waals surface area (Å²) in [7, 11) is 0. The van der Waals surface area contributed by atoms with Crippen LogP contribution in [0.4, 0.5) is 0 Å². The Morgan fingerprint density at radius 2 is 1.73 bits per heavy atom. The monoisotopic (exact) mass is 431 g/mol. The number of rotatable bonds is 4. The molecule has 26 heavy (non-hydrogen) atoms. The molecule has 1 fully saturated rings. The van der Waals surface area contributed by atoms with Gasteiger partial charge in [-0.25, -0.2) is 0 Å². The van der Waals surface area contributed by atoms with Crippen molar-refractivity contribution in [1.82, 2.24) is 5.32 Å². The van der Waals surface area contributed by atoms with E-state index in [4.69, 9.17) is 46.4 Å². The van der Waals surface area contributed by atoms with Crippen LogP contribution in [0.3, 0.4) is 0 Å². The molecule has 0 saturated carbocycles. The molecule has 0 aliphatic carbocycles. The van der Waals surface area contributed by atoms with Crippen molar-refractivity contribution in [2.24, 2.45) is 5.92 Å². The Morgan fingerprint density at radius 3 is 2.35 bits per heavy atom. The summed E-state index contributed by atoms with van der Waals surface area (Å²) in [6.45, 7) is 0.868. The summed E-state index contributed by atoms with van der Waals surface area (Å²) in [6.07, 6.45) is 0.562. The Morgan fingerprint density at radius 1 is 1.08 bits per heavy atom. The van der Waals surface area contributed by atoms with Gasteiger partial charge < -0.3 is 10.4 Å². The summed E-state index contributed by atoms with van der Waals surface area (Å²) in [5.41, 5.74) is 0.288. The summed E-state index contributed by atoms with van der Waals surface area (Å²) >= 11 is 24.6. The lowest BCUT2D eigenvalue weighted by molar-refractivity contribution is 0.0658. The molecule has 0 amide bonds. The maximum Gasteiger partial charge on any atom is 0.169 e. The predicted octanol–water partition coefficient (Wildman–Crippen LogP) is 5.02. The van der Waals surface area contributed by atoms with Crippen molar-refractivity contribution in [2.45, 2.75) is 11.8 Å². The topological polar surface area (TPSA) is 49.3 Å². The van der Waals surface area contributed by atoms with Crippen LogP contribution in [0.25, 0.3) is 0 Å². The molecule has 2 aromatic carbocycles. The summed E-state index contributed by atoms with van der Waals surface area (Å²) in [4.78, 5) is 13.3. The molecule has 0 bridgehead atoms. The lowest BCUT2D eigenvalue weighted by atomic mass is 9.64. The molecule has 0 spiro atoms. The molecule has 2 aromatic rings. The smallest absolute Gasteiger partial charge is 0.169 e. The lowest BCUT2D eigenvalue weighted by Crippen LogP contribution is -2.53. The van der Waals surface area contributed by atoms with Gasteiger partial charge in [-0.2, -0.15) is 0 Å². The van der Waals surface area contributed by atoms with Crippen LogP contribution in [0.15, 0.2) is 36.4 Å². The molecular formula is C19H17Cl4NO2. The van der Waals surface area contributed by atoms with Crippen molar-refractivity contribution in [1.29, 1.82) is 0 Å². The van der Waals surface area contributed by atoms with Crippen molar-refractivity contribution in [3.8, 4) is 0 Å². The zero-order chi connectivity index (χ0) is 18.9. The fourth-order valence-electron chi connectivity index (χ4n) is 3.64. The third-order valence-electron chi connectivity index (χ3n) is 5.03. The third kappa shape index (κ3) is 3.62. The molecule has 1 heterocycles. The number of carbonyl (C=O) groups excluding carboxylic acids is 1. The van der Waals surface area contributed by atoms with Gasteiger partial charge in [0, 0.05) is 38.5 Å². The first kappa shape index (κ1) is 19.9. The molecule has 2 unspecified atom stereocenters. The number of benzene rings is 2. The Balaban J connectivity index is 2.09. The first-order valence-corrected chi connectivity index (χ1v) is 9.66. The number of hydrogen-bond acceptors (Lipinski definition) is 3. The summed E-state index contributed by atoms with van der Waals surface area (Å²) in [6, 6.07) is 9.94. The van der Waals surface area contributed by atoms with E-state index in [0.717, 1.165) is 5.56 Å². The highest BCUT2D eigenvalue weighted by molar-refractivity contribution is 6.37. The van der Waals surface area contributed by atoms with Crippen molar-refractivity contribution in [3.63, 3.8) is 0 Å². The molecule has 0 radical (unpaired) electrons. The minimum absolute atomic E-state index is 0.154. The van der Waals surface area contributed by atoms with E-state index in [1.807, 2.05) is 0 Å². The van der Waals surface area contributed by atoms with Crippen LogP contribution in [-0.2, 0) is 5.41 Å². The summed E-state index contributed by atoms with van der Waals surface area (Å²) in [5, 5.41) is 15.3. The number of piperidine rings is 1. The van der Waals surface area contributed by atoms with Crippen molar-refractivity contribution in [2.75, 3.05) is 19.7 Å². The quantitative estimate of drug-likeness (QED) is 0.666. The lowest BCUT2D eigenvalue weighted by Gasteiger charge is -2.43. The number of aliphatic hydroxyl groups is 1. The van der Waals surface area contributed by atoms with Gasteiger partial charge in [0.15, 0.2) is 5.78 Å². The van der Waals surface area contributed by atoms with E-state index in [9.17, 15) is 9.90 Å². The standard InChI is InChI=1S/C19H17Cl4NO2/c20-11-1-3-13(16(22)7-11)18(26)15-9-24-6-5-19(15,10-25)14-4-2-12(21)8-17(14)23/h1-4,7-8,15,24-25H,5-6,9-10H2. The zero-order valence-electron chi connectivity index (χ0n) is 13.7. The largest absolute Gasteiger partial charge is 0.395 e. The molecule has 1 aliphatic heterocycles. The van der Waals surface area contributed by atoms with Crippen LogP contribution in [0.2, 0.25) is 20.1 Å². The van der Waals surface area contributed by atoms with Crippen LogP contribution < -0.4 is 5.32 Å². The zero-order valence-corrected chi connectivity index (χ0v) is 16.8. The molecule has 138 valence electrons. The molecule has 3 nitrogen and oxygen atoms in total. The number of aliphatic hydroxyl groups excluding tert-OH is 1. The maximum absolute atomic E-state index is 13.3. The maximum atomic E-state index is 13.3. The number of ketones is 1. The average molecular weight is 433 g/mol. The van der Waals surface area contributed by atoms with Gasteiger partial charge in [-0.15, -0.1) is 0 Å². The van der Waals surface area contributed by atoms with Crippen LogP contribution >= 0.6 is 46.4 Å². The summed E-state index contributed by atoms with van der Waals surface area (Å²) < 4.78 is 0. The van der Waals surface area contributed by atoms with Crippen molar-refractivity contribution in [3.05, 3.63) is 67.6 Å². The fourth-order valence-corrected chi connectivity index (χ4v) is 4.74. The van der Waals surface area contributed by atoms with E-state index >= 15 is 0 Å². The Bertz CT molecular complexity index is 842. The number of Topliss-reactive ketones (excluding diaryl/α,β-unsaturated/α-hetero) is 1. The molecule has 7 heteroatoms. The van der Waals surface area contributed by atoms with Gasteiger partial charge >= 0.3 is 0 Å². The van der Waals surface area contributed by atoms with E-state index < -0.39 is 11.3 Å². The highest BCUT2D eigenvalue weighted by atomic mass is 35.5. The second kappa shape index (κ2) is 8.05. The minimum atomic E-state index is -0.813. The van der Waals surface area contributed by atoms with E-state index in [1.54, 1.807) is 36.4 Å². The molecule has 2 N–H and O–H groups in total. The Labute approximate surface area is 172 Å². The van der Waals surface area contributed by atoms with Gasteiger partial charge in [0.05, 0.1) is 11.6 Å². The summed E-state index contributed by atoms with van der Waals surface area (Å²) in [5.74, 6) is -0.683. The minimum Gasteiger partial charge on any atom is -0.395 e. The average Bonchev–Trinajstić information content (AvgIpc) is 2.61. The van der Waals surface area contributed by atoms with E-state index in [-0.39, 0.29) is 12.4 Å². The highest BCUT2D eigenvalue weighted by Crippen LogP contribution is 2.43. The Hall–Kier alpha value is -0.810. The number of halogens is 4. The first-order valence-electron chi connectivity index (χ1n) is 8.15. The van der Waals surface area contributed by atoms with Gasteiger partial charge in [0.1, 0.15) is 0 Å². The molecule has 0 aromatic heterocycles. The van der Waals surface area contributed by atoms with E-state index in [2.05, 4.69) is 5.32 Å². The van der Waals surface area contributed by atoms with Gasteiger partial charge in [0.2, 0.25) is 0 Å². The van der Waals surface area contributed by atoms with Crippen LogP contribution in [-0.4, -0.2) is 30.6 Å². The predicted molar refractivity (Wildman–Crippen MR) is 107 cm³/mol. The third-order valence-corrected chi connectivity index (χ3v) is 6.12. The van der Waals surface area contributed by atoms with Crippen LogP contribution in [0.1, 0.15) is 22.3 Å². The highest BCUT2D eigenvalue weighted by Gasteiger charge is 2.47. The molecule has 1 saturated heterocycles. The molecular weight excluding hydrogens is 416 g/mol. The number of hydrogen-bond donors (Lipinski definition) is 2. The number of carbonyl (C=O) groups is 1. The van der Waals surface area contributed by atoms with Gasteiger partial charge in [-0.05, 0) is 48.9 Å². The van der Waals surface area contributed by atoms with Gasteiger partial charge in [0.25, 0.3) is 0 Å². The first-order chi connectivity index (χ1) is 12.4. The fraction of sp³-hybridized carbons (Fsp3) is 0.316. The van der Waals surface area contributed by atoms with E-state index in [1.165, 1.54) is 0 Å². The van der Waals surface area contributed by atoms with Crippen molar-refractivity contribution >= 4 is 52.2 Å². The van der Waals surface area contributed by atoms with Gasteiger partial charge in [-0.1, -0.05) is 52.5 Å². The van der Waals surface area contributed by atoms with Gasteiger partial charge in [-0.3, -0.25) is 4.79 Å². The second-order valence-corrected chi connectivity index (χ2v) is 8.12. The van der Waals surface area contributed by atoms with Crippen LogP contribution in [0.5, 0.6) is 0 Å². The van der Waals surface area contributed by atoms with Crippen molar-refractivity contribution < 1.29 is 9.90 Å². The van der Waals surface area contributed by atoms with E-state index in [0.29, 0.717) is 45.2 Å². The molecule has 3 rings (SSSR count). The van der Waals surface area contributed by atoms with Crippen LogP contribution in [0, 0.1) is 5.92 Å². The number of nitrogens with one attached hydrogen (secondary N) is 1. The Kier molecular flexibility index (Phi) is 6.18. The normalized spacial score (nSPS) is 23.0.